The van der Waals surface area contributed by atoms with E-state index in [1.165, 1.54) is 28.8 Å². The minimum Gasteiger partial charge on any atom is -0.375 e. The molecule has 1 aromatic rings. The van der Waals surface area contributed by atoms with Crippen LogP contribution in [-0.4, -0.2) is 18.0 Å². The van der Waals surface area contributed by atoms with E-state index in [9.17, 15) is 0 Å². The molecule has 1 heterocycles. The molecule has 0 saturated carbocycles. The van der Waals surface area contributed by atoms with Crippen molar-refractivity contribution in [3.05, 3.63) is 58.8 Å². The van der Waals surface area contributed by atoms with Crippen LogP contribution in [0.5, 0.6) is 0 Å². The first kappa shape index (κ1) is 18.1. The summed E-state index contributed by atoms with van der Waals surface area (Å²) >= 11 is 6.22. The van der Waals surface area contributed by atoms with Crippen molar-refractivity contribution in [2.45, 2.75) is 52.4 Å². The Balaban J connectivity index is 2.07. The maximum Gasteiger partial charge on any atom is 0.0409 e. The first-order valence-electron chi connectivity index (χ1n) is 8.53. The third-order valence-electron chi connectivity index (χ3n) is 4.63. The Morgan fingerprint density at radius 3 is 2.61 bits per heavy atom. The summed E-state index contributed by atoms with van der Waals surface area (Å²) in [4.78, 5) is 2.44. The molecule has 2 rings (SSSR count). The van der Waals surface area contributed by atoms with E-state index in [1.54, 1.807) is 0 Å². The molecule has 0 spiro atoms. The van der Waals surface area contributed by atoms with Crippen LogP contribution < -0.4 is 0 Å². The summed E-state index contributed by atoms with van der Waals surface area (Å²) in [6, 6.07) is 6.39. The molecule has 0 radical (unpaired) electrons. The van der Waals surface area contributed by atoms with Crippen LogP contribution in [0.4, 0.5) is 0 Å². The van der Waals surface area contributed by atoms with Crippen molar-refractivity contribution in [1.29, 1.82) is 0 Å². The first-order chi connectivity index (χ1) is 10.7. The van der Waals surface area contributed by atoms with E-state index in [0.29, 0.717) is 5.92 Å². The Bertz CT molecular complexity index is 594. The molecule has 2 heteroatoms. The van der Waals surface area contributed by atoms with Crippen molar-refractivity contribution in [3.8, 4) is 0 Å². The van der Waals surface area contributed by atoms with Gasteiger partial charge in [-0.1, -0.05) is 57.2 Å². The average molecular weight is 332 g/mol. The van der Waals surface area contributed by atoms with Gasteiger partial charge in [-0.3, -0.25) is 0 Å². The third kappa shape index (κ3) is 4.88. The molecule has 1 saturated heterocycles. The third-order valence-corrected chi connectivity index (χ3v) is 4.86. The zero-order chi connectivity index (χ0) is 17.2. The lowest BCUT2D eigenvalue weighted by Gasteiger charge is -2.25. The van der Waals surface area contributed by atoms with Crippen molar-refractivity contribution in [2.75, 3.05) is 13.1 Å². The predicted octanol–water partition coefficient (Wildman–Crippen LogP) is 5.98. The van der Waals surface area contributed by atoms with E-state index < -0.39 is 0 Å². The minimum atomic E-state index is 0.127. The van der Waals surface area contributed by atoms with Crippen LogP contribution in [0.1, 0.15) is 51.7 Å². The molecular weight excluding hydrogens is 302 g/mol. The van der Waals surface area contributed by atoms with Gasteiger partial charge in [0.15, 0.2) is 0 Å². The number of likely N-dealkylation sites (tertiary alicyclic amines) is 1. The Labute approximate surface area is 147 Å². The predicted molar refractivity (Wildman–Crippen MR) is 102 cm³/mol. The van der Waals surface area contributed by atoms with Crippen molar-refractivity contribution in [3.63, 3.8) is 0 Å². The molecule has 23 heavy (non-hydrogen) atoms. The number of hydrogen-bond donors (Lipinski definition) is 0. The van der Waals surface area contributed by atoms with Gasteiger partial charge in [0, 0.05) is 30.2 Å². The highest BCUT2D eigenvalue weighted by atomic mass is 35.5. The fourth-order valence-corrected chi connectivity index (χ4v) is 3.65. The van der Waals surface area contributed by atoms with E-state index in [0.717, 1.165) is 31.0 Å². The molecule has 0 aliphatic carbocycles. The van der Waals surface area contributed by atoms with Gasteiger partial charge >= 0.3 is 0 Å². The summed E-state index contributed by atoms with van der Waals surface area (Å²) in [7, 11) is 0. The lowest BCUT2D eigenvalue weighted by atomic mass is 9.81. The molecular formula is C21H30ClN. The van der Waals surface area contributed by atoms with Crippen LogP contribution in [0.3, 0.4) is 0 Å². The highest BCUT2D eigenvalue weighted by Crippen LogP contribution is 2.32. The van der Waals surface area contributed by atoms with Gasteiger partial charge in [-0.15, -0.1) is 0 Å². The first-order valence-corrected chi connectivity index (χ1v) is 8.90. The maximum atomic E-state index is 6.22. The van der Waals surface area contributed by atoms with Crippen molar-refractivity contribution < 1.29 is 0 Å². The molecule has 1 unspecified atom stereocenters. The summed E-state index contributed by atoms with van der Waals surface area (Å²) in [5.41, 5.74) is 5.35. The maximum absolute atomic E-state index is 6.22. The van der Waals surface area contributed by atoms with Gasteiger partial charge < -0.3 is 4.90 Å². The molecule has 0 N–H and O–H groups in total. The second kappa shape index (κ2) is 7.13. The van der Waals surface area contributed by atoms with E-state index in [1.807, 2.05) is 6.07 Å². The van der Waals surface area contributed by atoms with Crippen LogP contribution in [0.2, 0.25) is 5.02 Å². The molecule has 126 valence electrons. The number of allylic oxidation sites excluding steroid dienone is 1. The topological polar surface area (TPSA) is 3.24 Å². The summed E-state index contributed by atoms with van der Waals surface area (Å²) in [6.45, 7) is 19.3. The van der Waals surface area contributed by atoms with E-state index >= 15 is 0 Å². The number of rotatable bonds is 5. The highest BCUT2D eigenvalue weighted by Gasteiger charge is 2.26. The van der Waals surface area contributed by atoms with E-state index in [2.05, 4.69) is 57.9 Å². The SMILES string of the molecule is C=C(C)CC(=C)N1CCC(Cc2ccc(Cl)cc2C(C)(C)C)C1. The number of halogens is 1. The summed E-state index contributed by atoms with van der Waals surface area (Å²) in [5.74, 6) is 0.694. The van der Waals surface area contributed by atoms with E-state index in [-0.39, 0.29) is 5.41 Å². The Kier molecular flexibility index (Phi) is 5.62. The van der Waals surface area contributed by atoms with Crippen LogP contribution in [-0.2, 0) is 11.8 Å². The van der Waals surface area contributed by atoms with Gasteiger partial charge in [0.2, 0.25) is 0 Å². The van der Waals surface area contributed by atoms with Crippen LogP contribution in [0.25, 0.3) is 0 Å². The molecule has 1 aliphatic heterocycles. The fraction of sp³-hybridized carbons (Fsp3) is 0.524. The minimum absolute atomic E-state index is 0.127. The van der Waals surface area contributed by atoms with Gasteiger partial charge in [0.1, 0.15) is 0 Å². The van der Waals surface area contributed by atoms with E-state index in [4.69, 9.17) is 11.6 Å². The summed E-state index contributed by atoms with van der Waals surface area (Å²) < 4.78 is 0. The molecule has 0 amide bonds. The highest BCUT2D eigenvalue weighted by molar-refractivity contribution is 6.30. The number of hydrogen-bond acceptors (Lipinski definition) is 1. The average Bonchev–Trinajstić information content (AvgIpc) is 2.87. The Hall–Kier alpha value is -1.21. The molecule has 1 nitrogen and oxygen atoms in total. The van der Waals surface area contributed by atoms with Crippen LogP contribution in [0, 0.1) is 5.92 Å². The van der Waals surface area contributed by atoms with Crippen LogP contribution in [0.15, 0.2) is 42.6 Å². The van der Waals surface area contributed by atoms with Crippen molar-refractivity contribution in [1.82, 2.24) is 4.90 Å². The Morgan fingerprint density at radius 2 is 2.00 bits per heavy atom. The monoisotopic (exact) mass is 331 g/mol. The van der Waals surface area contributed by atoms with Crippen molar-refractivity contribution in [2.24, 2.45) is 5.92 Å². The van der Waals surface area contributed by atoms with Gasteiger partial charge in [0.05, 0.1) is 0 Å². The molecule has 0 aromatic heterocycles. The summed E-state index contributed by atoms with van der Waals surface area (Å²) in [6.07, 6.45) is 3.28. The van der Waals surface area contributed by atoms with Crippen molar-refractivity contribution >= 4 is 11.6 Å². The second-order valence-corrected chi connectivity index (χ2v) is 8.49. The molecule has 1 atom stereocenters. The lowest BCUT2D eigenvalue weighted by Crippen LogP contribution is -2.21. The normalized spacial score (nSPS) is 18.3. The number of benzene rings is 1. The fourth-order valence-electron chi connectivity index (χ4n) is 3.48. The Morgan fingerprint density at radius 1 is 1.30 bits per heavy atom. The lowest BCUT2D eigenvalue weighted by molar-refractivity contribution is 0.395. The summed E-state index contributed by atoms with van der Waals surface area (Å²) in [5, 5.41) is 0.835. The van der Waals surface area contributed by atoms with Gasteiger partial charge in [0.25, 0.3) is 0 Å². The zero-order valence-electron chi connectivity index (χ0n) is 15.1. The van der Waals surface area contributed by atoms with Gasteiger partial charge in [-0.2, -0.15) is 0 Å². The smallest absolute Gasteiger partial charge is 0.0409 e. The largest absolute Gasteiger partial charge is 0.375 e. The second-order valence-electron chi connectivity index (χ2n) is 8.06. The van der Waals surface area contributed by atoms with Gasteiger partial charge in [-0.05, 0) is 54.4 Å². The standard InChI is InChI=1S/C21H30ClN/c1-15(2)11-16(3)23-10-9-17(14-23)12-18-7-8-19(22)13-20(18)21(4,5)6/h7-8,13,17H,1,3,9-12,14H2,2,4-6H3. The molecule has 0 bridgehead atoms. The van der Waals surface area contributed by atoms with Crippen LogP contribution >= 0.6 is 11.6 Å². The quantitative estimate of drug-likeness (QED) is 0.600. The molecule has 1 fully saturated rings. The zero-order valence-corrected chi connectivity index (χ0v) is 15.8. The molecule has 1 aliphatic rings. The number of nitrogens with zero attached hydrogens (tertiary/aromatic N) is 1. The van der Waals surface area contributed by atoms with Gasteiger partial charge in [-0.25, -0.2) is 0 Å². The molecule has 1 aromatic carbocycles.